The number of carbonyl (C=O) groups is 2. The number of carbonyl (C=O) groups excluding carboxylic acids is 2. The lowest BCUT2D eigenvalue weighted by Crippen LogP contribution is -2.31. The van der Waals surface area contributed by atoms with Crippen molar-refractivity contribution in [2.45, 2.75) is 18.7 Å². The van der Waals surface area contributed by atoms with Gasteiger partial charge in [0.25, 0.3) is 10.0 Å². The average Bonchev–Trinajstić information content (AvgIpc) is 2.51. The van der Waals surface area contributed by atoms with Crippen LogP contribution in [0.4, 0.5) is 9.59 Å². The summed E-state index contributed by atoms with van der Waals surface area (Å²) in [5.41, 5.74) is 0.895. The summed E-state index contributed by atoms with van der Waals surface area (Å²) >= 11 is 0. The fourth-order valence-corrected chi connectivity index (χ4v) is 2.34. The van der Waals surface area contributed by atoms with Gasteiger partial charge in [0.05, 0.1) is 11.5 Å². The minimum absolute atomic E-state index is 0.0385. The van der Waals surface area contributed by atoms with Crippen molar-refractivity contribution in [1.82, 2.24) is 4.72 Å². The van der Waals surface area contributed by atoms with E-state index in [1.54, 1.807) is 23.8 Å². The first-order valence-corrected chi connectivity index (χ1v) is 8.54. The number of aryl methyl sites for hydroxylation is 1. The van der Waals surface area contributed by atoms with Gasteiger partial charge in [0.2, 0.25) is 0 Å². The van der Waals surface area contributed by atoms with Crippen molar-refractivity contribution in [2.24, 2.45) is 0 Å². The minimum Gasteiger partial charge on any atom is -0.445 e. The van der Waals surface area contributed by atoms with Gasteiger partial charge in [-0.15, -0.1) is 0 Å². The molecule has 0 saturated carbocycles. The van der Waals surface area contributed by atoms with Crippen molar-refractivity contribution < 1.29 is 32.2 Å². The van der Waals surface area contributed by atoms with Gasteiger partial charge in [-0.25, -0.2) is 22.7 Å². The number of ether oxygens (including phenoxy) is 3. The van der Waals surface area contributed by atoms with Crippen molar-refractivity contribution in [3.8, 4) is 0 Å². The molecule has 1 N–H and O–H groups in total. The molecule has 0 bridgehead atoms. The predicted octanol–water partition coefficient (Wildman–Crippen LogP) is 2.14. The second-order valence-electron chi connectivity index (χ2n) is 4.48. The molecule has 0 fully saturated rings. The predicted molar refractivity (Wildman–Crippen MR) is 85.0 cm³/mol. The average molecular weight is 357 g/mol. The van der Waals surface area contributed by atoms with Gasteiger partial charge in [-0.2, -0.15) is 0 Å². The quantitative estimate of drug-likeness (QED) is 0.588. The Hall–Kier alpha value is -2.55. The third-order valence-corrected chi connectivity index (χ3v) is 3.91. The maximum atomic E-state index is 11.9. The van der Waals surface area contributed by atoms with Crippen LogP contribution in [0.25, 0.3) is 0 Å². The van der Waals surface area contributed by atoms with Crippen LogP contribution >= 0.6 is 0 Å². The minimum atomic E-state index is -3.98. The van der Waals surface area contributed by atoms with E-state index in [2.05, 4.69) is 14.2 Å². The van der Waals surface area contributed by atoms with E-state index in [9.17, 15) is 18.0 Å². The third-order valence-electron chi connectivity index (χ3n) is 2.59. The maximum Gasteiger partial charge on any atom is 0.508 e. The lowest BCUT2D eigenvalue weighted by Gasteiger charge is -2.07. The summed E-state index contributed by atoms with van der Waals surface area (Å²) in [5.74, 6) is 0. The second-order valence-corrected chi connectivity index (χ2v) is 6.16. The molecule has 0 aliphatic rings. The van der Waals surface area contributed by atoms with E-state index in [1.165, 1.54) is 24.3 Å². The van der Waals surface area contributed by atoms with Gasteiger partial charge in [-0.1, -0.05) is 17.7 Å². The SMILES string of the molecule is CCOC(=O)OC/C=C\COC(=O)NS(=O)(=O)c1ccc(C)cc1. The molecule has 9 heteroatoms. The van der Waals surface area contributed by atoms with Crippen LogP contribution in [0.5, 0.6) is 0 Å². The first kappa shape index (κ1) is 19.5. The Kier molecular flexibility index (Phi) is 7.76. The van der Waals surface area contributed by atoms with Crippen molar-refractivity contribution >= 4 is 22.3 Å². The highest BCUT2D eigenvalue weighted by Crippen LogP contribution is 2.09. The van der Waals surface area contributed by atoms with Gasteiger partial charge >= 0.3 is 12.2 Å². The van der Waals surface area contributed by atoms with E-state index in [-0.39, 0.29) is 24.7 Å². The maximum absolute atomic E-state index is 11.9. The summed E-state index contributed by atoms with van der Waals surface area (Å²) in [6, 6.07) is 6.01. The lowest BCUT2D eigenvalue weighted by atomic mass is 10.2. The second kappa shape index (κ2) is 9.56. The van der Waals surface area contributed by atoms with E-state index in [1.807, 2.05) is 6.92 Å². The Bertz CT molecular complexity index is 680. The number of amides is 1. The fraction of sp³-hybridized carbons (Fsp3) is 0.333. The van der Waals surface area contributed by atoms with Crippen LogP contribution in [0, 0.1) is 6.92 Å². The zero-order valence-corrected chi connectivity index (χ0v) is 14.2. The van der Waals surface area contributed by atoms with E-state index >= 15 is 0 Å². The Morgan fingerprint density at radius 2 is 1.62 bits per heavy atom. The molecule has 0 unspecified atom stereocenters. The lowest BCUT2D eigenvalue weighted by molar-refractivity contribution is 0.0671. The Labute approximate surface area is 140 Å². The van der Waals surface area contributed by atoms with Crippen LogP contribution in [-0.4, -0.2) is 40.5 Å². The van der Waals surface area contributed by atoms with Crippen molar-refractivity contribution in [1.29, 1.82) is 0 Å². The first-order valence-electron chi connectivity index (χ1n) is 7.06. The summed E-state index contributed by atoms with van der Waals surface area (Å²) in [4.78, 5) is 22.3. The number of hydrogen-bond acceptors (Lipinski definition) is 7. The number of nitrogens with one attached hydrogen (secondary N) is 1. The molecule has 0 aliphatic carbocycles. The number of sulfonamides is 1. The largest absolute Gasteiger partial charge is 0.508 e. The zero-order valence-electron chi connectivity index (χ0n) is 13.4. The van der Waals surface area contributed by atoms with Gasteiger partial charge in [0.15, 0.2) is 0 Å². The number of rotatable bonds is 7. The van der Waals surface area contributed by atoms with Crippen molar-refractivity contribution in [3.05, 3.63) is 42.0 Å². The molecule has 1 amide bonds. The van der Waals surface area contributed by atoms with Gasteiger partial charge in [0, 0.05) is 0 Å². The van der Waals surface area contributed by atoms with Crippen LogP contribution < -0.4 is 4.72 Å². The smallest absolute Gasteiger partial charge is 0.445 e. The van der Waals surface area contributed by atoms with E-state index in [4.69, 9.17) is 0 Å². The van der Waals surface area contributed by atoms with Crippen molar-refractivity contribution in [2.75, 3.05) is 19.8 Å². The highest BCUT2D eigenvalue weighted by Gasteiger charge is 2.17. The molecule has 0 heterocycles. The molecular weight excluding hydrogens is 338 g/mol. The van der Waals surface area contributed by atoms with E-state index in [0.29, 0.717) is 0 Å². The molecule has 0 aliphatic heterocycles. The number of hydrogen-bond donors (Lipinski definition) is 1. The molecule has 1 aromatic carbocycles. The molecule has 0 aromatic heterocycles. The number of benzene rings is 1. The molecular formula is C15H19NO7S. The molecule has 132 valence electrons. The van der Waals surface area contributed by atoms with Crippen LogP contribution in [0.2, 0.25) is 0 Å². The van der Waals surface area contributed by atoms with E-state index < -0.39 is 22.3 Å². The van der Waals surface area contributed by atoms with Gasteiger partial charge in [-0.3, -0.25) is 0 Å². The summed E-state index contributed by atoms with van der Waals surface area (Å²) in [6.45, 7) is 3.44. The van der Waals surface area contributed by atoms with Crippen LogP contribution in [-0.2, 0) is 24.2 Å². The molecule has 0 radical (unpaired) electrons. The normalized spacial score (nSPS) is 11.1. The monoisotopic (exact) mass is 357 g/mol. The van der Waals surface area contributed by atoms with Gasteiger partial charge in [-0.05, 0) is 38.1 Å². The Balaban J connectivity index is 2.35. The van der Waals surface area contributed by atoms with E-state index in [0.717, 1.165) is 5.56 Å². The van der Waals surface area contributed by atoms with Crippen LogP contribution in [0.3, 0.4) is 0 Å². The van der Waals surface area contributed by atoms with Crippen molar-refractivity contribution in [3.63, 3.8) is 0 Å². The summed E-state index contributed by atoms with van der Waals surface area (Å²) in [7, 11) is -3.98. The summed E-state index contributed by atoms with van der Waals surface area (Å²) < 4.78 is 39.5. The Morgan fingerprint density at radius 1 is 1.04 bits per heavy atom. The summed E-state index contributed by atoms with van der Waals surface area (Å²) in [6.07, 6.45) is 0.923. The molecule has 1 rings (SSSR count). The molecule has 0 atom stereocenters. The fourth-order valence-electron chi connectivity index (χ4n) is 1.45. The highest BCUT2D eigenvalue weighted by molar-refractivity contribution is 7.90. The molecule has 24 heavy (non-hydrogen) atoms. The van der Waals surface area contributed by atoms with Gasteiger partial charge < -0.3 is 14.2 Å². The molecule has 1 aromatic rings. The Morgan fingerprint density at radius 3 is 2.21 bits per heavy atom. The molecule has 0 saturated heterocycles. The highest BCUT2D eigenvalue weighted by atomic mass is 32.2. The topological polar surface area (TPSA) is 108 Å². The summed E-state index contributed by atoms with van der Waals surface area (Å²) in [5, 5.41) is 0. The zero-order chi connectivity index (χ0) is 18.0. The van der Waals surface area contributed by atoms with Gasteiger partial charge in [0.1, 0.15) is 13.2 Å². The van der Waals surface area contributed by atoms with Crippen LogP contribution in [0.1, 0.15) is 12.5 Å². The van der Waals surface area contributed by atoms with Crippen LogP contribution in [0.15, 0.2) is 41.3 Å². The molecule has 0 spiro atoms. The molecule has 8 nitrogen and oxygen atoms in total. The standard InChI is InChI=1S/C15H19NO7S/c1-3-21-15(18)23-11-5-4-10-22-14(17)16-24(19,20)13-8-6-12(2)7-9-13/h4-9H,3,10-11H2,1-2H3,(H,16,17)/b5-4-. The third kappa shape index (κ3) is 7.14. The first-order chi connectivity index (χ1) is 11.3.